The predicted molar refractivity (Wildman–Crippen MR) is 91.3 cm³/mol. The molecule has 4 nitrogen and oxygen atoms in total. The zero-order chi connectivity index (χ0) is 16.0. The van der Waals surface area contributed by atoms with Gasteiger partial charge in [0.05, 0.1) is 11.0 Å². The van der Waals surface area contributed by atoms with Gasteiger partial charge in [-0.1, -0.05) is 24.6 Å². The zero-order valence-corrected chi connectivity index (χ0v) is 14.5. The number of carbonyl (C=O) groups excluding carboxylic acids is 1. The first-order valence-corrected chi connectivity index (χ1v) is 9.44. The molecule has 2 unspecified atom stereocenters. The largest absolute Gasteiger partial charge is 0.396 e. The molecule has 0 aromatic heterocycles. The molecule has 0 aromatic rings. The normalized spacial score (nSPS) is 30.1. The van der Waals surface area contributed by atoms with Crippen LogP contribution < -0.4 is 0 Å². The molecule has 1 heterocycles. The van der Waals surface area contributed by atoms with Gasteiger partial charge in [-0.25, -0.2) is 0 Å². The molecule has 22 heavy (non-hydrogen) atoms. The highest BCUT2D eigenvalue weighted by Gasteiger charge is 2.47. The van der Waals surface area contributed by atoms with Crippen molar-refractivity contribution in [2.45, 2.75) is 69.6 Å². The van der Waals surface area contributed by atoms with Crippen molar-refractivity contribution in [2.75, 3.05) is 12.4 Å². The molecular formula is C17H27NO3S. The average Bonchev–Trinajstić information content (AvgIpc) is 2.52. The van der Waals surface area contributed by atoms with E-state index < -0.39 is 5.60 Å². The Bertz CT molecular complexity index is 461. The summed E-state index contributed by atoms with van der Waals surface area (Å²) in [6, 6.07) is 0. The fraction of sp³-hybridized carbons (Fsp3) is 0.765. The minimum absolute atomic E-state index is 0.105. The Morgan fingerprint density at radius 3 is 3.00 bits per heavy atom. The van der Waals surface area contributed by atoms with Crippen molar-refractivity contribution in [3.05, 3.63) is 11.6 Å². The summed E-state index contributed by atoms with van der Waals surface area (Å²) in [5, 5.41) is 15.5. The van der Waals surface area contributed by atoms with Crippen LogP contribution in [0.5, 0.6) is 0 Å². The Balaban J connectivity index is 2.33. The van der Waals surface area contributed by atoms with E-state index in [1.54, 1.807) is 11.8 Å². The summed E-state index contributed by atoms with van der Waals surface area (Å²) in [5.41, 5.74) is 0.429. The Morgan fingerprint density at radius 2 is 2.32 bits per heavy atom. The highest BCUT2D eigenvalue weighted by molar-refractivity contribution is 8.00. The van der Waals surface area contributed by atoms with Crippen molar-refractivity contribution in [3.63, 3.8) is 0 Å². The first-order chi connectivity index (χ1) is 10.6. The van der Waals surface area contributed by atoms with E-state index in [-0.39, 0.29) is 11.0 Å². The van der Waals surface area contributed by atoms with Gasteiger partial charge >= 0.3 is 0 Å². The van der Waals surface area contributed by atoms with Crippen LogP contribution in [0, 0.1) is 0 Å². The van der Waals surface area contributed by atoms with E-state index in [0.29, 0.717) is 25.0 Å². The second-order valence-corrected chi connectivity index (χ2v) is 7.18. The molecule has 124 valence electrons. The molecule has 0 aromatic carbocycles. The molecule has 1 N–H and O–H groups in total. The highest BCUT2D eigenvalue weighted by Crippen LogP contribution is 2.42. The fourth-order valence-electron chi connectivity index (χ4n) is 3.26. The molecule has 0 bridgehead atoms. The van der Waals surface area contributed by atoms with Gasteiger partial charge in [0.15, 0.2) is 5.78 Å². The number of aliphatic hydroxyl groups is 1. The minimum atomic E-state index is -1.08. The third-order valence-corrected chi connectivity index (χ3v) is 5.78. The van der Waals surface area contributed by atoms with Crippen LogP contribution in [-0.2, 0) is 9.63 Å². The van der Waals surface area contributed by atoms with E-state index in [2.05, 4.69) is 12.1 Å². The first-order valence-electron chi connectivity index (χ1n) is 8.40. The van der Waals surface area contributed by atoms with E-state index in [1.807, 2.05) is 13.0 Å². The SMILES string of the molecule is CCCC(=NOCC)C1SCCCC1(O)C1=CCCCC1=O. The van der Waals surface area contributed by atoms with Crippen LogP contribution in [0.4, 0.5) is 0 Å². The van der Waals surface area contributed by atoms with Gasteiger partial charge in [-0.05, 0) is 44.8 Å². The molecular weight excluding hydrogens is 298 g/mol. The lowest BCUT2D eigenvalue weighted by Gasteiger charge is -2.41. The molecule has 0 amide bonds. The second-order valence-electron chi connectivity index (χ2n) is 5.96. The maximum absolute atomic E-state index is 12.3. The van der Waals surface area contributed by atoms with Crippen molar-refractivity contribution in [2.24, 2.45) is 5.16 Å². The monoisotopic (exact) mass is 325 g/mol. The Morgan fingerprint density at radius 1 is 1.50 bits per heavy atom. The van der Waals surface area contributed by atoms with Crippen LogP contribution >= 0.6 is 11.8 Å². The number of thioether (sulfide) groups is 1. The molecule has 0 saturated carbocycles. The molecule has 5 heteroatoms. The molecule has 1 fully saturated rings. The van der Waals surface area contributed by atoms with Crippen LogP contribution in [0.1, 0.15) is 58.8 Å². The number of rotatable bonds is 6. The number of allylic oxidation sites excluding steroid dienone is 1. The number of carbonyl (C=O) groups is 1. The van der Waals surface area contributed by atoms with Crippen molar-refractivity contribution >= 4 is 23.3 Å². The zero-order valence-electron chi connectivity index (χ0n) is 13.6. The van der Waals surface area contributed by atoms with Crippen LogP contribution in [0.25, 0.3) is 0 Å². The maximum Gasteiger partial charge on any atom is 0.161 e. The van der Waals surface area contributed by atoms with Gasteiger partial charge in [-0.15, -0.1) is 11.8 Å². The summed E-state index contributed by atoms with van der Waals surface area (Å²) in [6.07, 6.45) is 7.59. The quantitative estimate of drug-likeness (QED) is 0.600. The number of Topliss-reactive ketones (excluding diaryl/α,β-unsaturated/α-hetero) is 1. The summed E-state index contributed by atoms with van der Waals surface area (Å²) in [7, 11) is 0. The van der Waals surface area contributed by atoms with E-state index in [0.717, 1.165) is 43.6 Å². The average molecular weight is 325 g/mol. The molecule has 0 spiro atoms. The lowest BCUT2D eigenvalue weighted by Crippen LogP contribution is -2.51. The van der Waals surface area contributed by atoms with Gasteiger partial charge < -0.3 is 9.94 Å². The smallest absolute Gasteiger partial charge is 0.161 e. The van der Waals surface area contributed by atoms with Gasteiger partial charge in [-0.2, -0.15) is 0 Å². The Labute approximate surface area is 137 Å². The van der Waals surface area contributed by atoms with Gasteiger partial charge in [0.25, 0.3) is 0 Å². The predicted octanol–water partition coefficient (Wildman–Crippen LogP) is 3.49. The first kappa shape index (κ1) is 17.5. The molecule has 1 aliphatic heterocycles. The topological polar surface area (TPSA) is 58.9 Å². The van der Waals surface area contributed by atoms with Gasteiger partial charge in [-0.3, -0.25) is 4.79 Å². The van der Waals surface area contributed by atoms with E-state index >= 15 is 0 Å². The van der Waals surface area contributed by atoms with Gasteiger partial charge in [0.2, 0.25) is 0 Å². The third kappa shape index (κ3) is 3.74. The molecule has 1 aliphatic carbocycles. The Kier molecular flexibility index (Phi) is 6.50. The standard InChI is InChI=1S/C17H27NO3S/c1-3-8-14(18-21-4-2)16-17(20,11-7-12-22-16)13-9-5-6-10-15(13)19/h9,16,20H,3-8,10-12H2,1-2H3. The van der Waals surface area contributed by atoms with Crippen molar-refractivity contribution in [1.29, 1.82) is 0 Å². The number of ketones is 1. The van der Waals surface area contributed by atoms with Crippen LogP contribution in [0.15, 0.2) is 16.8 Å². The lowest BCUT2D eigenvalue weighted by molar-refractivity contribution is -0.118. The van der Waals surface area contributed by atoms with E-state index in [4.69, 9.17) is 4.84 Å². The number of hydrogen-bond donors (Lipinski definition) is 1. The molecule has 2 atom stereocenters. The minimum Gasteiger partial charge on any atom is -0.396 e. The summed E-state index contributed by atoms with van der Waals surface area (Å²) in [5.74, 6) is 1.09. The van der Waals surface area contributed by atoms with Crippen LogP contribution in [0.2, 0.25) is 0 Å². The maximum atomic E-state index is 12.3. The summed E-state index contributed by atoms with van der Waals surface area (Å²) in [6.45, 7) is 4.52. The van der Waals surface area contributed by atoms with Crippen molar-refractivity contribution in [1.82, 2.24) is 0 Å². The molecule has 0 radical (unpaired) electrons. The second kappa shape index (κ2) is 8.16. The molecule has 2 aliphatic rings. The van der Waals surface area contributed by atoms with E-state index in [9.17, 15) is 9.90 Å². The van der Waals surface area contributed by atoms with Gasteiger partial charge in [0, 0.05) is 12.0 Å². The van der Waals surface area contributed by atoms with Crippen molar-refractivity contribution < 1.29 is 14.7 Å². The Hall–Kier alpha value is -0.810. The summed E-state index contributed by atoms with van der Waals surface area (Å²) < 4.78 is 0. The van der Waals surface area contributed by atoms with E-state index in [1.165, 1.54) is 0 Å². The molecule has 1 saturated heterocycles. The summed E-state index contributed by atoms with van der Waals surface area (Å²) in [4.78, 5) is 17.6. The number of nitrogens with zero attached hydrogens (tertiary/aromatic N) is 1. The summed E-state index contributed by atoms with van der Waals surface area (Å²) >= 11 is 1.71. The lowest BCUT2D eigenvalue weighted by atomic mass is 9.77. The van der Waals surface area contributed by atoms with Crippen LogP contribution in [-0.4, -0.2) is 39.8 Å². The number of oxime groups is 1. The van der Waals surface area contributed by atoms with Crippen LogP contribution in [0.3, 0.4) is 0 Å². The molecule has 2 rings (SSSR count). The van der Waals surface area contributed by atoms with Crippen molar-refractivity contribution in [3.8, 4) is 0 Å². The highest BCUT2D eigenvalue weighted by atomic mass is 32.2. The fourth-order valence-corrected chi connectivity index (χ4v) is 4.68. The third-order valence-electron chi connectivity index (χ3n) is 4.26. The van der Waals surface area contributed by atoms with Gasteiger partial charge in [0.1, 0.15) is 12.2 Å². The number of hydrogen-bond acceptors (Lipinski definition) is 5.